The zero-order chi connectivity index (χ0) is 16.3. The molecule has 1 heterocycles. The standard InChI is InChI=1S/C14H15BrN4O2S/c1-8(2)21-12-5-4-10(6-11(12)15)7-16-19-13(20)9(3)17-18-14(19)22/h4-8H,1-3H3,(H,18,22)/b16-7-. The summed E-state index contributed by atoms with van der Waals surface area (Å²) in [6.07, 6.45) is 1.64. The molecule has 2 aromatic rings. The summed E-state index contributed by atoms with van der Waals surface area (Å²) in [6.45, 7) is 5.51. The lowest BCUT2D eigenvalue weighted by atomic mass is 10.2. The van der Waals surface area contributed by atoms with Gasteiger partial charge in [-0.15, -0.1) is 0 Å². The van der Waals surface area contributed by atoms with Crippen LogP contribution >= 0.6 is 28.1 Å². The van der Waals surface area contributed by atoms with Gasteiger partial charge in [0.25, 0.3) is 5.56 Å². The Hall–Kier alpha value is -1.80. The SMILES string of the molecule is Cc1n[nH]c(=S)n(/N=C\c2ccc(OC(C)C)c(Br)c2)c1=O. The molecule has 0 aliphatic rings. The first-order valence-electron chi connectivity index (χ1n) is 6.57. The molecule has 0 spiro atoms. The molecule has 0 fully saturated rings. The van der Waals surface area contributed by atoms with E-state index in [4.69, 9.17) is 17.0 Å². The second-order valence-electron chi connectivity index (χ2n) is 4.83. The number of benzene rings is 1. The van der Waals surface area contributed by atoms with Crippen molar-refractivity contribution in [3.05, 3.63) is 49.1 Å². The molecule has 0 atom stereocenters. The summed E-state index contributed by atoms with van der Waals surface area (Å²) < 4.78 is 7.70. The molecule has 0 unspecified atom stereocenters. The Bertz CT molecular complexity index is 826. The highest BCUT2D eigenvalue weighted by Crippen LogP contribution is 2.26. The fraction of sp³-hybridized carbons (Fsp3) is 0.286. The van der Waals surface area contributed by atoms with Crippen LogP contribution in [0.25, 0.3) is 0 Å². The summed E-state index contributed by atoms with van der Waals surface area (Å²) in [5.41, 5.74) is 0.755. The summed E-state index contributed by atoms with van der Waals surface area (Å²) in [5.74, 6) is 0.751. The van der Waals surface area contributed by atoms with Gasteiger partial charge in [-0.2, -0.15) is 14.9 Å². The summed E-state index contributed by atoms with van der Waals surface area (Å²) in [7, 11) is 0. The average Bonchev–Trinajstić information content (AvgIpc) is 2.45. The first-order valence-corrected chi connectivity index (χ1v) is 7.77. The van der Waals surface area contributed by atoms with Gasteiger partial charge >= 0.3 is 0 Å². The lowest BCUT2D eigenvalue weighted by Crippen LogP contribution is -2.22. The van der Waals surface area contributed by atoms with Crippen LogP contribution in [0.15, 0.2) is 32.6 Å². The number of aromatic nitrogens is 3. The van der Waals surface area contributed by atoms with Crippen molar-refractivity contribution in [2.24, 2.45) is 5.10 Å². The molecule has 116 valence electrons. The minimum Gasteiger partial charge on any atom is -0.490 e. The Labute approximate surface area is 141 Å². The number of hydrogen-bond donors (Lipinski definition) is 1. The van der Waals surface area contributed by atoms with Gasteiger partial charge in [-0.3, -0.25) is 9.89 Å². The van der Waals surface area contributed by atoms with Gasteiger partial charge in [0, 0.05) is 0 Å². The quantitative estimate of drug-likeness (QED) is 0.651. The first kappa shape index (κ1) is 16.6. The number of halogens is 1. The van der Waals surface area contributed by atoms with Crippen LogP contribution in [-0.4, -0.2) is 27.2 Å². The molecule has 1 N–H and O–H groups in total. The molecule has 0 saturated carbocycles. The van der Waals surface area contributed by atoms with Crippen LogP contribution in [0, 0.1) is 11.7 Å². The zero-order valence-electron chi connectivity index (χ0n) is 12.3. The lowest BCUT2D eigenvalue weighted by molar-refractivity contribution is 0.241. The Kier molecular flexibility index (Phi) is 5.25. The maximum Gasteiger partial charge on any atom is 0.296 e. The van der Waals surface area contributed by atoms with Crippen LogP contribution in [0.3, 0.4) is 0 Å². The van der Waals surface area contributed by atoms with Crippen molar-refractivity contribution in [2.75, 3.05) is 0 Å². The van der Waals surface area contributed by atoms with E-state index < -0.39 is 0 Å². The van der Waals surface area contributed by atoms with Gasteiger partial charge in [-0.05, 0) is 72.7 Å². The largest absolute Gasteiger partial charge is 0.490 e. The minimum atomic E-state index is -0.348. The Morgan fingerprint density at radius 2 is 2.23 bits per heavy atom. The van der Waals surface area contributed by atoms with Gasteiger partial charge in [0.15, 0.2) is 0 Å². The number of hydrogen-bond acceptors (Lipinski definition) is 5. The van der Waals surface area contributed by atoms with Crippen LogP contribution in [0.4, 0.5) is 0 Å². The van der Waals surface area contributed by atoms with Crippen LogP contribution in [0.1, 0.15) is 25.1 Å². The van der Waals surface area contributed by atoms with Crippen molar-refractivity contribution in [1.29, 1.82) is 0 Å². The van der Waals surface area contributed by atoms with Crippen molar-refractivity contribution >= 4 is 34.4 Å². The number of aromatic amines is 1. The van der Waals surface area contributed by atoms with E-state index in [9.17, 15) is 4.79 Å². The minimum absolute atomic E-state index is 0.0903. The number of aryl methyl sites for hydroxylation is 1. The second-order valence-corrected chi connectivity index (χ2v) is 6.07. The van der Waals surface area contributed by atoms with E-state index in [0.29, 0.717) is 5.69 Å². The summed E-state index contributed by atoms with van der Waals surface area (Å²) in [5, 5.41) is 10.5. The Morgan fingerprint density at radius 1 is 1.50 bits per heavy atom. The van der Waals surface area contributed by atoms with Crippen LogP contribution in [0.5, 0.6) is 5.75 Å². The van der Waals surface area contributed by atoms with Gasteiger partial charge in [0.1, 0.15) is 11.4 Å². The number of nitrogens with zero attached hydrogens (tertiary/aromatic N) is 3. The molecule has 2 rings (SSSR count). The maximum atomic E-state index is 11.9. The second kappa shape index (κ2) is 6.97. The molecular weight excluding hydrogens is 368 g/mol. The van der Waals surface area contributed by atoms with Gasteiger partial charge < -0.3 is 4.74 Å². The molecule has 1 aromatic heterocycles. The molecule has 6 nitrogen and oxygen atoms in total. The summed E-state index contributed by atoms with van der Waals surface area (Å²) in [6, 6.07) is 5.54. The van der Waals surface area contributed by atoms with E-state index in [1.807, 2.05) is 32.0 Å². The number of nitrogens with one attached hydrogen (secondary N) is 1. The monoisotopic (exact) mass is 382 g/mol. The van der Waals surface area contributed by atoms with Gasteiger partial charge in [-0.1, -0.05) is 0 Å². The van der Waals surface area contributed by atoms with E-state index in [0.717, 1.165) is 20.5 Å². The van der Waals surface area contributed by atoms with E-state index in [1.54, 1.807) is 13.1 Å². The van der Waals surface area contributed by atoms with Gasteiger partial charge in [0.2, 0.25) is 4.77 Å². The molecular formula is C14H15BrN4O2S. The third-order valence-electron chi connectivity index (χ3n) is 2.65. The molecule has 1 aromatic carbocycles. The van der Waals surface area contributed by atoms with Gasteiger partial charge in [0.05, 0.1) is 16.8 Å². The van der Waals surface area contributed by atoms with Crippen molar-refractivity contribution in [1.82, 2.24) is 14.9 Å². The smallest absolute Gasteiger partial charge is 0.296 e. The molecule has 8 heteroatoms. The van der Waals surface area contributed by atoms with Crippen LogP contribution in [-0.2, 0) is 0 Å². The highest BCUT2D eigenvalue weighted by Gasteiger charge is 2.05. The van der Waals surface area contributed by atoms with Gasteiger partial charge in [-0.25, -0.2) is 0 Å². The first-order chi connectivity index (χ1) is 10.4. The number of ether oxygens (including phenoxy) is 1. The van der Waals surface area contributed by atoms with Crippen molar-refractivity contribution < 1.29 is 4.74 Å². The fourth-order valence-corrected chi connectivity index (χ4v) is 2.31. The maximum absolute atomic E-state index is 11.9. The third kappa shape index (κ3) is 3.89. The highest BCUT2D eigenvalue weighted by molar-refractivity contribution is 9.10. The normalized spacial score (nSPS) is 11.3. The number of H-pyrrole nitrogens is 1. The highest BCUT2D eigenvalue weighted by atomic mass is 79.9. The number of rotatable bonds is 4. The molecule has 0 radical (unpaired) electrons. The van der Waals surface area contributed by atoms with Crippen molar-refractivity contribution in [3.63, 3.8) is 0 Å². The van der Waals surface area contributed by atoms with E-state index in [-0.39, 0.29) is 16.4 Å². The predicted molar refractivity (Wildman–Crippen MR) is 91.3 cm³/mol. The van der Waals surface area contributed by atoms with E-state index in [2.05, 4.69) is 31.2 Å². The molecule has 0 amide bonds. The van der Waals surface area contributed by atoms with Crippen molar-refractivity contribution in [2.45, 2.75) is 26.9 Å². The van der Waals surface area contributed by atoms with E-state index in [1.165, 1.54) is 0 Å². The lowest BCUT2D eigenvalue weighted by Gasteiger charge is -2.11. The molecule has 0 aliphatic heterocycles. The third-order valence-corrected chi connectivity index (χ3v) is 3.54. The Morgan fingerprint density at radius 3 is 2.86 bits per heavy atom. The predicted octanol–water partition coefficient (Wildman–Crippen LogP) is 3.04. The average molecular weight is 383 g/mol. The van der Waals surface area contributed by atoms with Crippen LogP contribution < -0.4 is 10.3 Å². The molecule has 0 aliphatic carbocycles. The van der Waals surface area contributed by atoms with Crippen LogP contribution in [0.2, 0.25) is 0 Å². The topological polar surface area (TPSA) is 72.3 Å². The fourth-order valence-electron chi connectivity index (χ4n) is 1.65. The zero-order valence-corrected chi connectivity index (χ0v) is 14.7. The van der Waals surface area contributed by atoms with Crippen molar-refractivity contribution in [3.8, 4) is 5.75 Å². The Balaban J connectivity index is 2.32. The van der Waals surface area contributed by atoms with E-state index >= 15 is 0 Å². The molecule has 0 saturated heterocycles. The summed E-state index contributed by atoms with van der Waals surface area (Å²) >= 11 is 8.46. The molecule has 0 bridgehead atoms. The molecule has 22 heavy (non-hydrogen) atoms. The summed E-state index contributed by atoms with van der Waals surface area (Å²) in [4.78, 5) is 11.9.